The number of carbonyl (C=O) groups is 2. The number of amides is 1. The van der Waals surface area contributed by atoms with E-state index in [9.17, 15) is 9.59 Å². The van der Waals surface area contributed by atoms with Crippen molar-refractivity contribution in [3.05, 3.63) is 28.7 Å². The Kier molecular flexibility index (Phi) is 6.82. The third-order valence-electron chi connectivity index (χ3n) is 1.91. The van der Waals surface area contributed by atoms with E-state index in [0.717, 1.165) is 10.2 Å². The van der Waals surface area contributed by atoms with E-state index in [2.05, 4.69) is 21.2 Å². The molecule has 0 radical (unpaired) electrons. The maximum Gasteiger partial charge on any atom is 0.315 e. The van der Waals surface area contributed by atoms with Crippen LogP contribution in [-0.2, 0) is 14.3 Å². The van der Waals surface area contributed by atoms with Gasteiger partial charge in [-0.15, -0.1) is 11.8 Å². The van der Waals surface area contributed by atoms with Crippen molar-refractivity contribution in [3.8, 4) is 0 Å². The summed E-state index contributed by atoms with van der Waals surface area (Å²) >= 11 is 4.57. The molecule has 98 valence electrons. The number of anilines is 1. The molecule has 0 saturated carbocycles. The number of benzene rings is 1. The van der Waals surface area contributed by atoms with Crippen LogP contribution in [0, 0.1) is 0 Å². The van der Waals surface area contributed by atoms with Crippen LogP contribution in [0.1, 0.15) is 6.92 Å². The second kappa shape index (κ2) is 8.16. The van der Waals surface area contributed by atoms with Crippen molar-refractivity contribution < 1.29 is 14.3 Å². The number of carbonyl (C=O) groups excluding carboxylic acids is 2. The highest BCUT2D eigenvalue weighted by Crippen LogP contribution is 2.21. The second-order valence-electron chi connectivity index (χ2n) is 3.33. The van der Waals surface area contributed by atoms with E-state index in [4.69, 9.17) is 4.74 Å². The van der Waals surface area contributed by atoms with E-state index >= 15 is 0 Å². The third-order valence-corrected chi connectivity index (χ3v) is 3.50. The number of para-hydroxylation sites is 1. The van der Waals surface area contributed by atoms with Crippen molar-refractivity contribution in [1.82, 2.24) is 0 Å². The molecule has 1 aromatic carbocycles. The lowest BCUT2D eigenvalue weighted by Gasteiger charge is -2.06. The molecule has 0 spiro atoms. The van der Waals surface area contributed by atoms with Crippen LogP contribution in [0.2, 0.25) is 0 Å². The molecule has 1 N–H and O–H groups in total. The summed E-state index contributed by atoms with van der Waals surface area (Å²) in [6.45, 7) is 2.12. The Labute approximate surface area is 119 Å². The van der Waals surface area contributed by atoms with E-state index in [-0.39, 0.29) is 23.4 Å². The Hall–Kier alpha value is -1.01. The monoisotopic (exact) mass is 331 g/mol. The molecule has 1 rings (SSSR count). The molecule has 1 aromatic rings. The van der Waals surface area contributed by atoms with E-state index in [0.29, 0.717) is 6.61 Å². The van der Waals surface area contributed by atoms with Crippen LogP contribution in [0.25, 0.3) is 0 Å². The van der Waals surface area contributed by atoms with Crippen LogP contribution in [0.5, 0.6) is 0 Å². The molecule has 0 fully saturated rings. The zero-order valence-corrected chi connectivity index (χ0v) is 12.3. The maximum absolute atomic E-state index is 11.6. The molecule has 0 saturated heterocycles. The molecular formula is C12H14BrNO3S. The molecule has 4 nitrogen and oxygen atoms in total. The van der Waals surface area contributed by atoms with Crippen LogP contribution >= 0.6 is 27.7 Å². The van der Waals surface area contributed by atoms with Gasteiger partial charge in [-0.1, -0.05) is 12.1 Å². The van der Waals surface area contributed by atoms with Gasteiger partial charge in [-0.25, -0.2) is 0 Å². The van der Waals surface area contributed by atoms with Gasteiger partial charge in [-0.3, -0.25) is 9.59 Å². The molecule has 0 aliphatic carbocycles. The van der Waals surface area contributed by atoms with Gasteiger partial charge in [0.2, 0.25) is 5.91 Å². The normalized spacial score (nSPS) is 9.89. The van der Waals surface area contributed by atoms with Crippen molar-refractivity contribution >= 4 is 45.3 Å². The minimum Gasteiger partial charge on any atom is -0.465 e. The number of ether oxygens (including phenoxy) is 1. The first-order valence-electron chi connectivity index (χ1n) is 5.41. The Balaban J connectivity index is 2.30. The van der Waals surface area contributed by atoms with Crippen LogP contribution in [0.4, 0.5) is 5.69 Å². The van der Waals surface area contributed by atoms with Gasteiger partial charge in [0.15, 0.2) is 0 Å². The average Bonchev–Trinajstić information content (AvgIpc) is 2.32. The summed E-state index contributed by atoms with van der Waals surface area (Å²) in [6.07, 6.45) is 0. The molecule has 0 aromatic heterocycles. The molecule has 18 heavy (non-hydrogen) atoms. The quantitative estimate of drug-likeness (QED) is 0.814. The SMILES string of the molecule is CCOC(=O)CSCC(=O)Nc1ccccc1Br. The van der Waals surface area contributed by atoms with Crippen LogP contribution in [0.3, 0.4) is 0 Å². The Bertz CT molecular complexity index is 426. The van der Waals surface area contributed by atoms with Crippen molar-refractivity contribution in [2.75, 3.05) is 23.4 Å². The zero-order chi connectivity index (χ0) is 13.4. The number of nitrogens with one attached hydrogen (secondary N) is 1. The van der Waals surface area contributed by atoms with Gasteiger partial charge in [0.25, 0.3) is 0 Å². The first kappa shape index (κ1) is 15.0. The molecule has 0 heterocycles. The van der Waals surface area contributed by atoms with Gasteiger partial charge in [0, 0.05) is 4.47 Å². The van der Waals surface area contributed by atoms with Gasteiger partial charge < -0.3 is 10.1 Å². The van der Waals surface area contributed by atoms with Crippen molar-refractivity contribution in [2.24, 2.45) is 0 Å². The first-order valence-corrected chi connectivity index (χ1v) is 7.36. The maximum atomic E-state index is 11.6. The smallest absolute Gasteiger partial charge is 0.315 e. The lowest BCUT2D eigenvalue weighted by atomic mass is 10.3. The minimum atomic E-state index is -0.295. The topological polar surface area (TPSA) is 55.4 Å². The largest absolute Gasteiger partial charge is 0.465 e. The summed E-state index contributed by atoms with van der Waals surface area (Å²) in [7, 11) is 0. The standard InChI is InChI=1S/C12H14BrNO3S/c1-2-17-12(16)8-18-7-11(15)14-10-6-4-3-5-9(10)13/h3-6H,2,7-8H2,1H3,(H,14,15). The molecule has 0 aliphatic heterocycles. The molecule has 6 heteroatoms. The number of hydrogen-bond acceptors (Lipinski definition) is 4. The number of thioether (sulfide) groups is 1. The average molecular weight is 332 g/mol. The minimum absolute atomic E-state index is 0.142. The Morgan fingerprint density at radius 2 is 2.06 bits per heavy atom. The number of esters is 1. The van der Waals surface area contributed by atoms with Gasteiger partial charge >= 0.3 is 5.97 Å². The predicted octanol–water partition coefficient (Wildman–Crippen LogP) is 2.68. The Morgan fingerprint density at radius 3 is 2.72 bits per heavy atom. The van der Waals surface area contributed by atoms with E-state index in [1.54, 1.807) is 13.0 Å². The molecule has 1 amide bonds. The second-order valence-corrected chi connectivity index (χ2v) is 5.17. The lowest BCUT2D eigenvalue weighted by Crippen LogP contribution is -2.16. The molecule has 0 aliphatic rings. The van der Waals surface area contributed by atoms with Gasteiger partial charge in [-0.05, 0) is 35.0 Å². The predicted molar refractivity (Wildman–Crippen MR) is 76.7 cm³/mol. The summed E-state index contributed by atoms with van der Waals surface area (Å²) in [5.74, 6) is -0.0235. The van der Waals surface area contributed by atoms with Crippen molar-refractivity contribution in [2.45, 2.75) is 6.92 Å². The first-order chi connectivity index (χ1) is 8.63. The fourth-order valence-electron chi connectivity index (χ4n) is 1.18. The van der Waals surface area contributed by atoms with E-state index < -0.39 is 0 Å². The summed E-state index contributed by atoms with van der Waals surface area (Å²) in [5, 5.41) is 2.76. The highest BCUT2D eigenvalue weighted by molar-refractivity contribution is 9.10. The molecule has 0 unspecified atom stereocenters. The number of halogens is 1. The highest BCUT2D eigenvalue weighted by atomic mass is 79.9. The highest BCUT2D eigenvalue weighted by Gasteiger charge is 2.07. The summed E-state index contributed by atoms with van der Waals surface area (Å²) < 4.78 is 5.59. The Morgan fingerprint density at radius 1 is 1.33 bits per heavy atom. The summed E-state index contributed by atoms with van der Waals surface area (Å²) in [4.78, 5) is 22.7. The number of hydrogen-bond donors (Lipinski definition) is 1. The molecular weight excluding hydrogens is 318 g/mol. The third kappa shape index (κ3) is 5.55. The van der Waals surface area contributed by atoms with Crippen molar-refractivity contribution in [1.29, 1.82) is 0 Å². The van der Waals surface area contributed by atoms with Crippen LogP contribution in [-0.4, -0.2) is 30.0 Å². The van der Waals surface area contributed by atoms with Gasteiger partial charge in [0.1, 0.15) is 0 Å². The summed E-state index contributed by atoms with van der Waals surface area (Å²) in [5.41, 5.74) is 0.722. The summed E-state index contributed by atoms with van der Waals surface area (Å²) in [6, 6.07) is 7.36. The molecule has 0 atom stereocenters. The number of rotatable bonds is 6. The van der Waals surface area contributed by atoms with E-state index in [1.165, 1.54) is 11.8 Å². The fraction of sp³-hybridized carbons (Fsp3) is 0.333. The zero-order valence-electron chi connectivity index (χ0n) is 9.94. The fourth-order valence-corrected chi connectivity index (χ4v) is 2.17. The van der Waals surface area contributed by atoms with Crippen molar-refractivity contribution in [3.63, 3.8) is 0 Å². The molecule has 0 bridgehead atoms. The van der Waals surface area contributed by atoms with Crippen LogP contribution in [0.15, 0.2) is 28.7 Å². The lowest BCUT2D eigenvalue weighted by molar-refractivity contribution is -0.139. The van der Waals surface area contributed by atoms with Crippen LogP contribution < -0.4 is 5.32 Å². The van der Waals surface area contributed by atoms with E-state index in [1.807, 2.05) is 18.2 Å². The van der Waals surface area contributed by atoms with Gasteiger partial charge in [0.05, 0.1) is 23.8 Å². The van der Waals surface area contributed by atoms with Gasteiger partial charge in [-0.2, -0.15) is 0 Å².